The van der Waals surface area contributed by atoms with Gasteiger partial charge in [0.1, 0.15) is 0 Å². The van der Waals surface area contributed by atoms with Gasteiger partial charge in [-0.2, -0.15) is 0 Å². The molecule has 26 heavy (non-hydrogen) atoms. The number of unbranched alkanes of at least 4 members (excludes halogenated alkanes) is 14. The Balaban J connectivity index is 1.70. The molecule has 0 aliphatic carbocycles. The second-order valence-electron chi connectivity index (χ2n) is 7.58. The molecule has 0 spiro atoms. The number of rotatable bonds is 18. The van der Waals surface area contributed by atoms with Gasteiger partial charge in [-0.3, -0.25) is 9.48 Å². The minimum absolute atomic E-state index is 0.335. The van der Waals surface area contributed by atoms with Gasteiger partial charge in [0.05, 0.1) is 5.69 Å². The normalized spacial score (nSPS) is 11.1. The number of aromatic nitrogens is 3. The lowest BCUT2D eigenvalue weighted by atomic mass is 10.0. The minimum Gasteiger partial charge on any atom is -0.481 e. The summed E-state index contributed by atoms with van der Waals surface area (Å²) in [5.41, 5.74) is 1.12. The number of aliphatic carboxylic acids is 1. The highest BCUT2D eigenvalue weighted by molar-refractivity contribution is 5.66. The van der Waals surface area contributed by atoms with E-state index in [4.69, 9.17) is 5.11 Å². The first-order valence-electron chi connectivity index (χ1n) is 10.8. The Morgan fingerprint density at radius 2 is 1.23 bits per heavy atom. The van der Waals surface area contributed by atoms with E-state index in [2.05, 4.69) is 10.3 Å². The quantitative estimate of drug-likeness (QED) is 0.340. The van der Waals surface area contributed by atoms with Crippen molar-refractivity contribution in [1.29, 1.82) is 0 Å². The maximum Gasteiger partial charge on any atom is 0.303 e. The van der Waals surface area contributed by atoms with Crippen molar-refractivity contribution in [3.05, 3.63) is 11.9 Å². The summed E-state index contributed by atoms with van der Waals surface area (Å²) < 4.78 is 1.78. The molecule has 150 valence electrons. The van der Waals surface area contributed by atoms with E-state index >= 15 is 0 Å². The average Bonchev–Trinajstić information content (AvgIpc) is 3.02. The van der Waals surface area contributed by atoms with E-state index in [1.807, 2.05) is 13.2 Å². The number of carboxylic acids is 1. The summed E-state index contributed by atoms with van der Waals surface area (Å²) in [5.74, 6) is -0.660. The fourth-order valence-electron chi connectivity index (χ4n) is 3.39. The number of nitrogens with zero attached hydrogens (tertiary/aromatic N) is 3. The molecule has 0 saturated heterocycles. The zero-order chi connectivity index (χ0) is 18.9. The van der Waals surface area contributed by atoms with E-state index in [1.54, 1.807) is 4.68 Å². The predicted octanol–water partition coefficient (Wildman–Crippen LogP) is 5.68. The number of hydrogen-bond acceptors (Lipinski definition) is 3. The van der Waals surface area contributed by atoms with Crippen LogP contribution in [0.4, 0.5) is 0 Å². The molecule has 0 atom stereocenters. The summed E-state index contributed by atoms with van der Waals surface area (Å²) in [6.07, 6.45) is 22.6. The first kappa shape index (κ1) is 22.7. The largest absolute Gasteiger partial charge is 0.481 e. The maximum absolute atomic E-state index is 10.4. The van der Waals surface area contributed by atoms with Crippen LogP contribution in [-0.2, 0) is 18.3 Å². The minimum atomic E-state index is -0.660. The molecule has 1 rings (SSSR count). The van der Waals surface area contributed by atoms with Crippen LogP contribution in [0.2, 0.25) is 0 Å². The zero-order valence-electron chi connectivity index (χ0n) is 16.8. The SMILES string of the molecule is Cn1cc(CCCCCCCCCCCCCCCCCC(=O)O)nn1. The van der Waals surface area contributed by atoms with Gasteiger partial charge in [0, 0.05) is 19.7 Å². The second-order valence-corrected chi connectivity index (χ2v) is 7.58. The number of carbonyl (C=O) groups is 1. The van der Waals surface area contributed by atoms with Crippen molar-refractivity contribution in [2.24, 2.45) is 7.05 Å². The molecule has 1 aromatic rings. The molecule has 0 saturated carbocycles. The summed E-state index contributed by atoms with van der Waals surface area (Å²) in [5, 5.41) is 16.6. The van der Waals surface area contributed by atoms with E-state index in [-0.39, 0.29) is 0 Å². The number of aryl methyl sites for hydroxylation is 2. The van der Waals surface area contributed by atoms with Gasteiger partial charge in [-0.25, -0.2) is 0 Å². The molecular formula is C21H39N3O2. The lowest BCUT2D eigenvalue weighted by molar-refractivity contribution is -0.137. The highest BCUT2D eigenvalue weighted by atomic mass is 16.4. The van der Waals surface area contributed by atoms with Gasteiger partial charge in [-0.1, -0.05) is 88.7 Å². The van der Waals surface area contributed by atoms with Crippen LogP contribution in [0.15, 0.2) is 6.20 Å². The van der Waals surface area contributed by atoms with Crippen LogP contribution >= 0.6 is 0 Å². The lowest BCUT2D eigenvalue weighted by Crippen LogP contribution is -1.93. The predicted molar refractivity (Wildman–Crippen MR) is 106 cm³/mol. The van der Waals surface area contributed by atoms with Crippen LogP contribution in [0, 0.1) is 0 Å². The Kier molecular flexibility index (Phi) is 13.8. The van der Waals surface area contributed by atoms with Crippen LogP contribution in [0.1, 0.15) is 108 Å². The average molecular weight is 366 g/mol. The molecule has 0 bridgehead atoms. The van der Waals surface area contributed by atoms with E-state index in [0.29, 0.717) is 6.42 Å². The molecule has 0 fully saturated rings. The first-order chi connectivity index (χ1) is 12.7. The van der Waals surface area contributed by atoms with Gasteiger partial charge in [0.2, 0.25) is 0 Å². The van der Waals surface area contributed by atoms with Crippen molar-refractivity contribution in [1.82, 2.24) is 15.0 Å². The topological polar surface area (TPSA) is 68.0 Å². The summed E-state index contributed by atoms with van der Waals surface area (Å²) in [4.78, 5) is 10.4. The van der Waals surface area contributed by atoms with Gasteiger partial charge in [-0.15, -0.1) is 5.10 Å². The monoisotopic (exact) mass is 365 g/mol. The highest BCUT2D eigenvalue weighted by Gasteiger charge is 1.99. The molecule has 1 aromatic heterocycles. The molecule has 0 aromatic carbocycles. The molecule has 0 aliphatic heterocycles. The highest BCUT2D eigenvalue weighted by Crippen LogP contribution is 2.14. The van der Waals surface area contributed by atoms with Crippen LogP contribution in [0.3, 0.4) is 0 Å². The van der Waals surface area contributed by atoms with Crippen molar-refractivity contribution < 1.29 is 9.90 Å². The Morgan fingerprint density at radius 1 is 0.808 bits per heavy atom. The molecule has 1 heterocycles. The van der Waals surface area contributed by atoms with E-state index < -0.39 is 5.97 Å². The van der Waals surface area contributed by atoms with Crippen LogP contribution in [-0.4, -0.2) is 26.1 Å². The lowest BCUT2D eigenvalue weighted by Gasteiger charge is -2.03. The third kappa shape index (κ3) is 13.9. The van der Waals surface area contributed by atoms with Gasteiger partial charge < -0.3 is 5.11 Å². The molecular weight excluding hydrogens is 326 g/mol. The fourth-order valence-corrected chi connectivity index (χ4v) is 3.39. The van der Waals surface area contributed by atoms with Crippen molar-refractivity contribution in [2.75, 3.05) is 0 Å². The van der Waals surface area contributed by atoms with Crippen LogP contribution in [0.25, 0.3) is 0 Å². The van der Waals surface area contributed by atoms with Crippen molar-refractivity contribution in [3.63, 3.8) is 0 Å². The molecule has 1 N–H and O–H groups in total. The Bertz CT molecular complexity index is 460. The zero-order valence-corrected chi connectivity index (χ0v) is 16.8. The van der Waals surface area contributed by atoms with Crippen LogP contribution in [0.5, 0.6) is 0 Å². The summed E-state index contributed by atoms with van der Waals surface area (Å²) in [6, 6.07) is 0. The summed E-state index contributed by atoms with van der Waals surface area (Å²) >= 11 is 0. The Hall–Kier alpha value is -1.39. The summed E-state index contributed by atoms with van der Waals surface area (Å²) in [6.45, 7) is 0. The van der Waals surface area contributed by atoms with Crippen molar-refractivity contribution >= 4 is 5.97 Å². The summed E-state index contributed by atoms with van der Waals surface area (Å²) in [7, 11) is 1.92. The second kappa shape index (κ2) is 15.8. The first-order valence-corrected chi connectivity index (χ1v) is 10.8. The van der Waals surface area contributed by atoms with E-state index in [9.17, 15) is 4.79 Å². The van der Waals surface area contributed by atoms with Crippen molar-refractivity contribution in [3.8, 4) is 0 Å². The van der Waals surface area contributed by atoms with Gasteiger partial charge in [0.15, 0.2) is 0 Å². The smallest absolute Gasteiger partial charge is 0.303 e. The van der Waals surface area contributed by atoms with E-state index in [0.717, 1.165) is 25.0 Å². The molecule has 0 amide bonds. The maximum atomic E-state index is 10.4. The number of hydrogen-bond donors (Lipinski definition) is 1. The standard InChI is InChI=1S/C21H39N3O2/c1-24-19-20(22-23-24)17-15-13-11-9-7-5-3-2-4-6-8-10-12-14-16-18-21(25)26/h19H,2-18H2,1H3,(H,25,26). The molecule has 5 nitrogen and oxygen atoms in total. The molecule has 0 aliphatic rings. The van der Waals surface area contributed by atoms with Gasteiger partial charge in [-0.05, 0) is 19.3 Å². The number of carboxylic acid groups (broad SMARTS) is 1. The third-order valence-corrected chi connectivity index (χ3v) is 4.97. The van der Waals surface area contributed by atoms with Crippen LogP contribution < -0.4 is 0 Å². The molecule has 0 radical (unpaired) electrons. The van der Waals surface area contributed by atoms with Gasteiger partial charge in [0.25, 0.3) is 0 Å². The van der Waals surface area contributed by atoms with Crippen molar-refractivity contribution in [2.45, 2.75) is 109 Å². The molecule has 5 heteroatoms. The van der Waals surface area contributed by atoms with Gasteiger partial charge >= 0.3 is 5.97 Å². The molecule has 0 unspecified atom stereocenters. The third-order valence-electron chi connectivity index (χ3n) is 4.97. The fraction of sp³-hybridized carbons (Fsp3) is 0.857. The Morgan fingerprint density at radius 3 is 1.62 bits per heavy atom. The van der Waals surface area contributed by atoms with E-state index in [1.165, 1.54) is 83.5 Å². The Labute approximate surface area is 159 Å².